The molecule has 1 aromatic carbocycles. The van der Waals surface area contributed by atoms with Crippen LogP contribution in [-0.2, 0) is 17.8 Å². The molecule has 7 heteroatoms. The molecule has 0 unspecified atom stereocenters. The Morgan fingerprint density at radius 1 is 1.35 bits per heavy atom. The third-order valence-corrected chi connectivity index (χ3v) is 3.86. The fourth-order valence-corrected chi connectivity index (χ4v) is 2.63. The molecule has 0 radical (unpaired) electrons. The number of nitrogens with zero attached hydrogens (tertiary/aromatic N) is 2. The Kier molecular flexibility index (Phi) is 4.88. The van der Waals surface area contributed by atoms with Crippen molar-refractivity contribution in [2.45, 2.75) is 46.1 Å². The molecule has 0 spiro atoms. The van der Waals surface area contributed by atoms with Crippen molar-refractivity contribution >= 4 is 16.9 Å². The van der Waals surface area contributed by atoms with Gasteiger partial charge in [-0.1, -0.05) is 13.3 Å². The van der Waals surface area contributed by atoms with Crippen LogP contribution in [0.15, 0.2) is 10.9 Å². The van der Waals surface area contributed by atoms with Gasteiger partial charge in [-0.05, 0) is 19.8 Å². The third-order valence-electron chi connectivity index (χ3n) is 3.86. The first-order valence-electron chi connectivity index (χ1n) is 7.53. The number of carboxylic acids is 1. The molecule has 0 aliphatic rings. The quantitative estimate of drug-likeness (QED) is 0.701. The molecule has 0 aliphatic carbocycles. The maximum Gasteiger partial charge on any atom is 0.348 e. The standard InChI is InChI=1S/C16H20N2O5/c1-3-4-5-10-14-9(2)15(22)12(19)8-11(14)18(16(23)17-10)7-6-13(20)21/h8,19,22H,3-7H2,1-2H3,(H,20,21). The van der Waals surface area contributed by atoms with Gasteiger partial charge in [-0.15, -0.1) is 0 Å². The Balaban J connectivity index is 2.75. The van der Waals surface area contributed by atoms with Crippen molar-refractivity contribution in [2.24, 2.45) is 0 Å². The molecule has 0 amide bonds. The molecule has 0 aliphatic heterocycles. The van der Waals surface area contributed by atoms with E-state index in [1.54, 1.807) is 6.92 Å². The van der Waals surface area contributed by atoms with Crippen molar-refractivity contribution in [2.75, 3.05) is 0 Å². The van der Waals surface area contributed by atoms with Crippen LogP contribution in [0, 0.1) is 6.92 Å². The van der Waals surface area contributed by atoms with Gasteiger partial charge in [0, 0.05) is 23.6 Å². The van der Waals surface area contributed by atoms with E-state index in [4.69, 9.17) is 5.11 Å². The molecule has 0 saturated heterocycles. The monoisotopic (exact) mass is 320 g/mol. The average Bonchev–Trinajstić information content (AvgIpc) is 2.49. The average molecular weight is 320 g/mol. The minimum Gasteiger partial charge on any atom is -0.504 e. The molecule has 7 nitrogen and oxygen atoms in total. The van der Waals surface area contributed by atoms with Gasteiger partial charge in [-0.25, -0.2) is 4.79 Å². The van der Waals surface area contributed by atoms with Crippen molar-refractivity contribution in [3.8, 4) is 11.5 Å². The zero-order valence-electron chi connectivity index (χ0n) is 13.2. The van der Waals surface area contributed by atoms with Crippen LogP contribution in [0.2, 0.25) is 0 Å². The van der Waals surface area contributed by atoms with Gasteiger partial charge in [0.15, 0.2) is 11.5 Å². The Bertz CT molecular complexity index is 810. The highest BCUT2D eigenvalue weighted by atomic mass is 16.4. The summed E-state index contributed by atoms with van der Waals surface area (Å²) in [6.45, 7) is 3.61. The van der Waals surface area contributed by atoms with E-state index in [1.807, 2.05) is 6.92 Å². The molecular weight excluding hydrogens is 300 g/mol. The summed E-state index contributed by atoms with van der Waals surface area (Å²) in [6, 6.07) is 1.29. The second-order valence-corrected chi connectivity index (χ2v) is 5.50. The molecule has 0 fully saturated rings. The number of carboxylic acid groups (broad SMARTS) is 1. The van der Waals surface area contributed by atoms with Gasteiger partial charge in [0.25, 0.3) is 0 Å². The molecule has 0 saturated carbocycles. The lowest BCUT2D eigenvalue weighted by atomic mass is 10.0. The van der Waals surface area contributed by atoms with Gasteiger partial charge < -0.3 is 15.3 Å². The molecule has 2 aromatic rings. The zero-order valence-corrected chi connectivity index (χ0v) is 13.2. The van der Waals surface area contributed by atoms with Crippen LogP contribution in [0.5, 0.6) is 11.5 Å². The normalized spacial score (nSPS) is 11.0. The number of aliphatic carboxylic acids is 1. The topological polar surface area (TPSA) is 113 Å². The Morgan fingerprint density at radius 2 is 2.04 bits per heavy atom. The van der Waals surface area contributed by atoms with Crippen LogP contribution in [0.25, 0.3) is 10.9 Å². The van der Waals surface area contributed by atoms with E-state index < -0.39 is 11.7 Å². The molecule has 0 bridgehead atoms. The summed E-state index contributed by atoms with van der Waals surface area (Å²) in [6.07, 6.45) is 2.11. The lowest BCUT2D eigenvalue weighted by Crippen LogP contribution is -2.26. The van der Waals surface area contributed by atoms with E-state index in [0.29, 0.717) is 28.6 Å². The highest BCUT2D eigenvalue weighted by Gasteiger charge is 2.17. The minimum atomic E-state index is -1.03. The first-order chi connectivity index (χ1) is 10.9. The van der Waals surface area contributed by atoms with E-state index in [2.05, 4.69) is 4.98 Å². The van der Waals surface area contributed by atoms with Crippen molar-refractivity contribution < 1.29 is 20.1 Å². The second-order valence-electron chi connectivity index (χ2n) is 5.50. The van der Waals surface area contributed by atoms with Crippen LogP contribution < -0.4 is 5.69 Å². The summed E-state index contributed by atoms with van der Waals surface area (Å²) in [5.41, 5.74) is 0.841. The minimum absolute atomic E-state index is 0.0463. The van der Waals surface area contributed by atoms with Crippen LogP contribution >= 0.6 is 0 Å². The summed E-state index contributed by atoms with van der Waals surface area (Å²) in [5.74, 6) is -1.62. The number of aromatic nitrogens is 2. The number of phenols is 2. The summed E-state index contributed by atoms with van der Waals surface area (Å²) in [5, 5.41) is 29.3. The largest absolute Gasteiger partial charge is 0.504 e. The van der Waals surface area contributed by atoms with Gasteiger partial charge >= 0.3 is 11.7 Å². The highest BCUT2D eigenvalue weighted by Crippen LogP contribution is 2.36. The van der Waals surface area contributed by atoms with Gasteiger partial charge in [0.05, 0.1) is 17.6 Å². The number of aromatic hydroxyl groups is 2. The third kappa shape index (κ3) is 3.28. The number of aryl methyl sites for hydroxylation is 3. The van der Waals surface area contributed by atoms with Gasteiger partial charge in [-0.2, -0.15) is 4.98 Å². The summed E-state index contributed by atoms with van der Waals surface area (Å²) in [7, 11) is 0. The number of phenolic OH excluding ortho intramolecular Hbond substituents is 2. The van der Waals surface area contributed by atoms with Crippen molar-refractivity contribution in [3.63, 3.8) is 0 Å². The number of unbranched alkanes of at least 4 members (excludes halogenated alkanes) is 1. The Labute approximate surface area is 132 Å². The lowest BCUT2D eigenvalue weighted by Gasteiger charge is -2.15. The second kappa shape index (κ2) is 6.68. The Hall–Kier alpha value is -2.57. The SMILES string of the molecule is CCCCc1nc(=O)n(CCC(=O)O)c2cc(O)c(O)c(C)c12. The van der Waals surface area contributed by atoms with E-state index in [1.165, 1.54) is 10.6 Å². The summed E-state index contributed by atoms with van der Waals surface area (Å²) in [4.78, 5) is 27.1. The Morgan fingerprint density at radius 3 is 2.65 bits per heavy atom. The number of fused-ring (bicyclic) bond motifs is 1. The van der Waals surface area contributed by atoms with Crippen LogP contribution in [0.4, 0.5) is 0 Å². The molecule has 3 N–H and O–H groups in total. The summed E-state index contributed by atoms with van der Waals surface area (Å²) < 4.78 is 1.23. The fourth-order valence-electron chi connectivity index (χ4n) is 2.63. The molecule has 124 valence electrons. The van der Waals surface area contributed by atoms with E-state index >= 15 is 0 Å². The van der Waals surface area contributed by atoms with Crippen LogP contribution in [0.1, 0.15) is 37.4 Å². The molecule has 2 rings (SSSR count). The highest BCUT2D eigenvalue weighted by molar-refractivity contribution is 5.89. The van der Waals surface area contributed by atoms with Crippen molar-refractivity contribution in [1.29, 1.82) is 0 Å². The fraction of sp³-hybridized carbons (Fsp3) is 0.438. The smallest absolute Gasteiger partial charge is 0.348 e. The first kappa shape index (κ1) is 16.8. The van der Waals surface area contributed by atoms with E-state index in [0.717, 1.165) is 12.8 Å². The van der Waals surface area contributed by atoms with Gasteiger partial charge in [0.1, 0.15) is 0 Å². The summed E-state index contributed by atoms with van der Waals surface area (Å²) >= 11 is 0. The molecule has 0 atom stereocenters. The number of carbonyl (C=O) groups is 1. The van der Waals surface area contributed by atoms with E-state index in [-0.39, 0.29) is 24.5 Å². The lowest BCUT2D eigenvalue weighted by molar-refractivity contribution is -0.137. The van der Waals surface area contributed by atoms with Gasteiger partial charge in [0.2, 0.25) is 0 Å². The molecule has 23 heavy (non-hydrogen) atoms. The van der Waals surface area contributed by atoms with Crippen molar-refractivity contribution in [1.82, 2.24) is 9.55 Å². The predicted octanol–water partition coefficient (Wildman–Crippen LogP) is 1.93. The molecule has 1 aromatic heterocycles. The number of hydrogen-bond acceptors (Lipinski definition) is 5. The predicted molar refractivity (Wildman–Crippen MR) is 84.9 cm³/mol. The van der Waals surface area contributed by atoms with Gasteiger partial charge in [-0.3, -0.25) is 9.36 Å². The van der Waals surface area contributed by atoms with Crippen molar-refractivity contribution in [3.05, 3.63) is 27.8 Å². The number of rotatable bonds is 6. The number of benzene rings is 1. The number of hydrogen-bond donors (Lipinski definition) is 3. The zero-order chi connectivity index (χ0) is 17.1. The van der Waals surface area contributed by atoms with Crippen LogP contribution in [-0.4, -0.2) is 30.8 Å². The molecular formula is C16H20N2O5. The maximum atomic E-state index is 12.3. The first-order valence-corrected chi connectivity index (χ1v) is 7.53. The maximum absolute atomic E-state index is 12.3. The van der Waals surface area contributed by atoms with Crippen LogP contribution in [0.3, 0.4) is 0 Å². The molecule has 1 heterocycles. The van der Waals surface area contributed by atoms with E-state index in [9.17, 15) is 19.8 Å².